The molecular weight excluding hydrogens is 380 g/mol. The SMILES string of the molecule is CNCCc1c[nH]c2c1C(=O)C(=O)C(C1=C3N=CC(CCN(C)C)=C3C(=O)C=C1)=C2. The number of likely N-dealkylation sites (N-methyl/N-ethyl adjacent to an activating group) is 1. The van der Waals surface area contributed by atoms with Gasteiger partial charge in [0.25, 0.3) is 0 Å². The lowest BCUT2D eigenvalue weighted by Gasteiger charge is -2.18. The number of carbonyl (C=O) groups is 3. The number of hydrogen-bond acceptors (Lipinski definition) is 6. The molecule has 0 amide bonds. The van der Waals surface area contributed by atoms with Gasteiger partial charge in [-0.25, -0.2) is 0 Å². The summed E-state index contributed by atoms with van der Waals surface area (Å²) >= 11 is 0. The topological polar surface area (TPSA) is 94.6 Å². The summed E-state index contributed by atoms with van der Waals surface area (Å²) in [5.74, 6) is -1.20. The summed E-state index contributed by atoms with van der Waals surface area (Å²) in [6, 6.07) is 0. The summed E-state index contributed by atoms with van der Waals surface area (Å²) in [4.78, 5) is 48.1. The molecule has 0 radical (unpaired) electrons. The van der Waals surface area contributed by atoms with E-state index in [9.17, 15) is 14.4 Å². The summed E-state index contributed by atoms with van der Waals surface area (Å²) in [6.07, 6.45) is 9.58. The highest BCUT2D eigenvalue weighted by Crippen LogP contribution is 2.37. The molecule has 0 atom stereocenters. The number of allylic oxidation sites excluding steroid dienone is 5. The summed E-state index contributed by atoms with van der Waals surface area (Å²) in [5.41, 5.74) is 4.56. The molecule has 3 aliphatic rings. The fraction of sp³-hybridized carbons (Fsp3) is 0.304. The van der Waals surface area contributed by atoms with Crippen molar-refractivity contribution in [3.63, 3.8) is 0 Å². The van der Waals surface area contributed by atoms with Crippen molar-refractivity contribution in [2.75, 3.05) is 34.2 Å². The first kappa shape index (κ1) is 20.1. The lowest BCUT2D eigenvalue weighted by molar-refractivity contribution is -0.112. The maximum Gasteiger partial charge on any atom is 0.235 e. The van der Waals surface area contributed by atoms with Crippen LogP contribution in [0.1, 0.15) is 28.0 Å². The van der Waals surface area contributed by atoms with E-state index in [1.165, 1.54) is 6.08 Å². The fourth-order valence-electron chi connectivity index (χ4n) is 3.94. The Labute approximate surface area is 174 Å². The van der Waals surface area contributed by atoms with Crippen molar-refractivity contribution in [3.05, 3.63) is 63.2 Å². The van der Waals surface area contributed by atoms with Crippen molar-refractivity contribution < 1.29 is 14.4 Å². The zero-order valence-electron chi connectivity index (χ0n) is 17.3. The van der Waals surface area contributed by atoms with E-state index in [-0.39, 0.29) is 11.4 Å². The normalized spacial score (nSPS) is 18.0. The van der Waals surface area contributed by atoms with Crippen LogP contribution in [0.25, 0.3) is 6.08 Å². The number of hydrogen-bond donors (Lipinski definition) is 2. The number of aliphatic imine (C=N–C) groups is 1. The Kier molecular flexibility index (Phi) is 5.32. The number of aromatic nitrogens is 1. The molecule has 154 valence electrons. The van der Waals surface area contributed by atoms with Crippen molar-refractivity contribution >= 4 is 29.6 Å². The van der Waals surface area contributed by atoms with E-state index in [1.54, 1.807) is 24.6 Å². The molecule has 0 saturated carbocycles. The highest BCUT2D eigenvalue weighted by atomic mass is 16.2. The van der Waals surface area contributed by atoms with Crippen LogP contribution in [0.2, 0.25) is 0 Å². The number of nitrogens with zero attached hydrogens (tertiary/aromatic N) is 2. The first-order valence-electron chi connectivity index (χ1n) is 9.97. The van der Waals surface area contributed by atoms with Crippen LogP contribution in [0.3, 0.4) is 0 Å². The minimum atomic E-state index is -0.564. The number of fused-ring (bicyclic) bond motifs is 2. The number of rotatable bonds is 7. The van der Waals surface area contributed by atoms with Gasteiger partial charge >= 0.3 is 0 Å². The van der Waals surface area contributed by atoms with E-state index in [0.717, 1.165) is 17.7 Å². The number of ketones is 3. The molecular formula is C23H24N4O3. The molecule has 2 aliphatic carbocycles. The van der Waals surface area contributed by atoms with Gasteiger partial charge in [-0.05, 0) is 69.9 Å². The van der Waals surface area contributed by atoms with Crippen LogP contribution in [-0.4, -0.2) is 67.7 Å². The molecule has 2 heterocycles. The van der Waals surface area contributed by atoms with Crippen LogP contribution >= 0.6 is 0 Å². The molecule has 4 rings (SSSR count). The summed E-state index contributed by atoms with van der Waals surface area (Å²) < 4.78 is 0. The molecule has 2 N–H and O–H groups in total. The van der Waals surface area contributed by atoms with Crippen molar-refractivity contribution in [1.82, 2.24) is 15.2 Å². The van der Waals surface area contributed by atoms with E-state index in [2.05, 4.69) is 15.3 Å². The van der Waals surface area contributed by atoms with Gasteiger partial charge in [-0.3, -0.25) is 19.4 Å². The summed E-state index contributed by atoms with van der Waals surface area (Å²) in [6.45, 7) is 1.49. The molecule has 7 heteroatoms. The van der Waals surface area contributed by atoms with Crippen LogP contribution < -0.4 is 5.32 Å². The summed E-state index contributed by atoms with van der Waals surface area (Å²) in [7, 11) is 5.78. The maximum absolute atomic E-state index is 13.0. The zero-order valence-corrected chi connectivity index (χ0v) is 17.3. The predicted molar refractivity (Wildman–Crippen MR) is 116 cm³/mol. The first-order valence-corrected chi connectivity index (χ1v) is 9.97. The van der Waals surface area contributed by atoms with Gasteiger partial charge in [0.2, 0.25) is 11.6 Å². The molecule has 0 fully saturated rings. The number of carbonyl (C=O) groups excluding carboxylic acids is 3. The Morgan fingerprint density at radius 1 is 1.10 bits per heavy atom. The lowest BCUT2D eigenvalue weighted by atomic mass is 9.83. The monoisotopic (exact) mass is 404 g/mol. The molecule has 0 bridgehead atoms. The highest BCUT2D eigenvalue weighted by Gasteiger charge is 2.36. The quantitative estimate of drug-likeness (QED) is 0.674. The maximum atomic E-state index is 13.0. The number of aromatic amines is 1. The van der Waals surface area contributed by atoms with E-state index in [1.807, 2.05) is 26.0 Å². The van der Waals surface area contributed by atoms with Gasteiger partial charge in [-0.15, -0.1) is 0 Å². The van der Waals surface area contributed by atoms with Gasteiger partial charge < -0.3 is 15.2 Å². The van der Waals surface area contributed by atoms with Crippen molar-refractivity contribution in [1.29, 1.82) is 0 Å². The minimum absolute atomic E-state index is 0.120. The largest absolute Gasteiger partial charge is 0.361 e. The standard InChI is InChI=1S/C23H24N4O3/c1-24-8-6-13-11-25-17-10-16(22(29)23(30)19(13)17)15-4-5-18(28)20-14(7-9-27(2)3)12-26-21(15)20/h4-5,10-12,24-25H,6-9H2,1-3H3. The second kappa shape index (κ2) is 7.93. The second-order valence-electron chi connectivity index (χ2n) is 7.84. The minimum Gasteiger partial charge on any atom is -0.361 e. The Morgan fingerprint density at radius 3 is 2.63 bits per heavy atom. The molecule has 0 spiro atoms. The van der Waals surface area contributed by atoms with Crippen molar-refractivity contribution in [3.8, 4) is 0 Å². The average Bonchev–Trinajstić information content (AvgIpc) is 3.33. The highest BCUT2D eigenvalue weighted by molar-refractivity contribution is 6.53. The molecule has 0 aromatic carbocycles. The fourth-order valence-corrected chi connectivity index (χ4v) is 3.94. The van der Waals surface area contributed by atoms with E-state index in [4.69, 9.17) is 0 Å². The van der Waals surface area contributed by atoms with Gasteiger partial charge in [0.1, 0.15) is 0 Å². The molecule has 1 aliphatic heterocycles. The van der Waals surface area contributed by atoms with Gasteiger partial charge in [-0.1, -0.05) is 0 Å². The third kappa shape index (κ3) is 3.36. The van der Waals surface area contributed by atoms with E-state index >= 15 is 0 Å². The summed E-state index contributed by atoms with van der Waals surface area (Å²) in [5, 5.41) is 3.05. The molecule has 0 saturated heterocycles. The zero-order chi connectivity index (χ0) is 21.4. The molecule has 0 unspecified atom stereocenters. The lowest BCUT2D eigenvalue weighted by Crippen LogP contribution is -2.24. The number of Topliss-reactive ketones (excluding diaryl/α,β-unsaturated/α-hetero) is 2. The third-order valence-corrected chi connectivity index (χ3v) is 5.53. The smallest absolute Gasteiger partial charge is 0.235 e. The average molecular weight is 404 g/mol. The van der Waals surface area contributed by atoms with Crippen LogP contribution in [0.4, 0.5) is 0 Å². The van der Waals surface area contributed by atoms with Crippen LogP contribution in [0.15, 0.2) is 51.3 Å². The Hall–Kier alpha value is -3.16. The number of H-pyrrole nitrogens is 1. The number of nitrogens with one attached hydrogen (secondary N) is 2. The van der Waals surface area contributed by atoms with Gasteiger partial charge in [0.15, 0.2) is 5.78 Å². The van der Waals surface area contributed by atoms with Gasteiger partial charge in [-0.2, -0.15) is 0 Å². The molecule has 1 aromatic heterocycles. The Morgan fingerprint density at radius 2 is 1.90 bits per heavy atom. The van der Waals surface area contributed by atoms with Crippen molar-refractivity contribution in [2.24, 2.45) is 4.99 Å². The van der Waals surface area contributed by atoms with Crippen LogP contribution in [-0.2, 0) is 16.0 Å². The van der Waals surface area contributed by atoms with E-state index in [0.29, 0.717) is 47.5 Å². The molecule has 1 aromatic rings. The molecule has 7 nitrogen and oxygen atoms in total. The van der Waals surface area contributed by atoms with Crippen LogP contribution in [0, 0.1) is 0 Å². The van der Waals surface area contributed by atoms with E-state index < -0.39 is 11.6 Å². The Bertz CT molecular complexity index is 1110. The first-order chi connectivity index (χ1) is 14.4. The predicted octanol–water partition coefficient (Wildman–Crippen LogP) is 1.65. The van der Waals surface area contributed by atoms with Gasteiger partial charge in [0.05, 0.1) is 22.5 Å². The van der Waals surface area contributed by atoms with Gasteiger partial charge in [0, 0.05) is 30.1 Å². The second-order valence-corrected chi connectivity index (χ2v) is 7.84. The third-order valence-electron chi connectivity index (χ3n) is 5.53. The van der Waals surface area contributed by atoms with Crippen LogP contribution in [0.5, 0.6) is 0 Å². The Balaban J connectivity index is 1.77. The molecule has 30 heavy (non-hydrogen) atoms. The van der Waals surface area contributed by atoms with Crippen molar-refractivity contribution in [2.45, 2.75) is 12.8 Å².